The molecule has 1 aliphatic heterocycles. The average Bonchev–Trinajstić information content (AvgIpc) is 3.38. The number of halogens is 3. The quantitative estimate of drug-likeness (QED) is 0.293. The number of hydrogen-bond donors (Lipinski definition) is 2. The van der Waals surface area contributed by atoms with Crippen LogP contribution in [0.1, 0.15) is 30.5 Å². The fraction of sp³-hybridized carbons (Fsp3) is 0.375. The molecule has 0 saturated carbocycles. The first-order valence-electron chi connectivity index (χ1n) is 14.4. The Kier molecular flexibility index (Phi) is 10.6. The van der Waals surface area contributed by atoms with Gasteiger partial charge in [-0.05, 0) is 49.1 Å². The van der Waals surface area contributed by atoms with E-state index in [1.807, 2.05) is 20.8 Å². The maximum Gasteiger partial charge on any atom is 0.418 e. The van der Waals surface area contributed by atoms with Crippen molar-refractivity contribution in [1.82, 2.24) is 9.62 Å². The van der Waals surface area contributed by atoms with Gasteiger partial charge in [-0.2, -0.15) is 17.5 Å². The minimum Gasteiger partial charge on any atom is -0.434 e. The third-order valence-electron chi connectivity index (χ3n) is 7.31. The van der Waals surface area contributed by atoms with Crippen molar-refractivity contribution >= 4 is 27.7 Å². The van der Waals surface area contributed by atoms with E-state index in [-0.39, 0.29) is 30.3 Å². The van der Waals surface area contributed by atoms with E-state index in [1.54, 1.807) is 42.5 Å². The predicted molar refractivity (Wildman–Crippen MR) is 162 cm³/mol. The molecule has 1 heterocycles. The molecule has 3 atom stereocenters. The fourth-order valence-electron chi connectivity index (χ4n) is 5.04. The third kappa shape index (κ3) is 8.41. The van der Waals surface area contributed by atoms with Crippen molar-refractivity contribution in [2.24, 2.45) is 5.92 Å². The van der Waals surface area contributed by atoms with Crippen molar-refractivity contribution in [2.75, 3.05) is 24.5 Å². The van der Waals surface area contributed by atoms with E-state index in [0.29, 0.717) is 0 Å². The molecule has 242 valence electrons. The van der Waals surface area contributed by atoms with E-state index < -0.39 is 64.2 Å². The number of aliphatic hydroxyl groups excluding tert-OH is 1. The molecule has 4 rings (SSSR count). The van der Waals surface area contributed by atoms with Gasteiger partial charge in [0.2, 0.25) is 10.0 Å². The summed E-state index contributed by atoms with van der Waals surface area (Å²) in [7, 11) is -4.03. The van der Waals surface area contributed by atoms with Gasteiger partial charge in [-0.25, -0.2) is 13.2 Å². The highest BCUT2D eigenvalue weighted by Gasteiger charge is 2.43. The second-order valence-electron chi connectivity index (χ2n) is 11.4. The summed E-state index contributed by atoms with van der Waals surface area (Å²) in [5.74, 6) is -0.935. The summed E-state index contributed by atoms with van der Waals surface area (Å²) in [6.45, 7) is 4.75. The molecule has 13 heteroatoms. The number of aliphatic hydroxyl groups is 1. The highest BCUT2D eigenvalue weighted by molar-refractivity contribution is 7.89. The van der Waals surface area contributed by atoms with Crippen LogP contribution >= 0.6 is 0 Å². The number of hydrogen-bond acceptors (Lipinski definition) is 6. The summed E-state index contributed by atoms with van der Waals surface area (Å²) < 4.78 is 74.4. The fourth-order valence-corrected chi connectivity index (χ4v) is 6.67. The number of sulfonamides is 1. The van der Waals surface area contributed by atoms with E-state index in [4.69, 9.17) is 4.74 Å². The number of nitrogens with one attached hydrogen (secondary N) is 1. The molecule has 1 saturated heterocycles. The minimum atomic E-state index is -4.75. The molecular weight excluding hydrogens is 611 g/mol. The first-order valence-corrected chi connectivity index (χ1v) is 15.8. The number of rotatable bonds is 12. The lowest BCUT2D eigenvalue weighted by atomic mass is 10.0. The van der Waals surface area contributed by atoms with Gasteiger partial charge in [0.1, 0.15) is 0 Å². The molecule has 3 aromatic rings. The molecule has 45 heavy (non-hydrogen) atoms. The van der Waals surface area contributed by atoms with Crippen molar-refractivity contribution in [1.29, 1.82) is 0 Å². The highest BCUT2D eigenvalue weighted by Crippen LogP contribution is 2.37. The molecule has 0 aromatic heterocycles. The molecule has 0 bridgehead atoms. The van der Waals surface area contributed by atoms with Crippen LogP contribution in [0, 0.1) is 12.8 Å². The number of nitrogens with zero attached hydrogens (tertiary/aromatic N) is 2. The number of carbonyl (C=O) groups excluding carboxylic acids is 2. The van der Waals surface area contributed by atoms with Gasteiger partial charge in [0.25, 0.3) is 5.91 Å². The van der Waals surface area contributed by atoms with Gasteiger partial charge in [0.15, 0.2) is 6.10 Å². The van der Waals surface area contributed by atoms with E-state index in [0.717, 1.165) is 28.2 Å². The molecule has 0 spiro atoms. The van der Waals surface area contributed by atoms with Gasteiger partial charge in [-0.15, -0.1) is 0 Å². The molecule has 0 unspecified atom stereocenters. The molecule has 9 nitrogen and oxygen atoms in total. The summed E-state index contributed by atoms with van der Waals surface area (Å²) in [4.78, 5) is 26.8. The smallest absolute Gasteiger partial charge is 0.418 e. The van der Waals surface area contributed by atoms with Crippen molar-refractivity contribution in [2.45, 2.75) is 56.5 Å². The molecule has 0 radical (unpaired) electrons. The van der Waals surface area contributed by atoms with Crippen LogP contribution in [-0.2, 0) is 32.2 Å². The van der Waals surface area contributed by atoms with Crippen LogP contribution in [-0.4, -0.2) is 67.7 Å². The Bertz CT molecular complexity index is 1580. The maximum absolute atomic E-state index is 13.6. The topological polar surface area (TPSA) is 116 Å². The Morgan fingerprint density at radius 2 is 1.64 bits per heavy atom. The molecular formula is C32H36F3N3O6S. The van der Waals surface area contributed by atoms with Crippen LogP contribution in [0.4, 0.5) is 23.7 Å². The monoisotopic (exact) mass is 647 g/mol. The van der Waals surface area contributed by atoms with Gasteiger partial charge in [0, 0.05) is 13.1 Å². The average molecular weight is 648 g/mol. The van der Waals surface area contributed by atoms with Gasteiger partial charge in [-0.3, -0.25) is 9.69 Å². The minimum absolute atomic E-state index is 0.0571. The van der Waals surface area contributed by atoms with E-state index in [1.165, 1.54) is 28.6 Å². The normalized spacial score (nSPS) is 17.0. The van der Waals surface area contributed by atoms with Gasteiger partial charge in [0.05, 0.1) is 34.8 Å². The first kappa shape index (κ1) is 33.9. The van der Waals surface area contributed by atoms with Crippen molar-refractivity contribution in [3.63, 3.8) is 0 Å². The second-order valence-corrected chi connectivity index (χ2v) is 13.3. The van der Waals surface area contributed by atoms with Crippen molar-refractivity contribution < 1.29 is 41.0 Å². The van der Waals surface area contributed by atoms with Gasteiger partial charge in [-0.1, -0.05) is 74.0 Å². The van der Waals surface area contributed by atoms with E-state index in [2.05, 4.69) is 5.32 Å². The lowest BCUT2D eigenvalue weighted by Gasteiger charge is -2.31. The molecule has 0 aliphatic carbocycles. The maximum atomic E-state index is 13.6. The largest absolute Gasteiger partial charge is 0.434 e. The standard InChI is InChI=1S/C32H36F3N3O6S/c1-21(2)18-37(45(42,43)24-15-13-22(3)14-16-24)19-28(39)26(17-23-9-5-4-6-10-23)36-30(40)29-20-38(31(41)44-29)27-12-8-7-11-25(27)32(33,34)35/h4-16,21,26,28-29,39H,17-20H2,1-3H3,(H,36,40)/t26-,28+,29-/m0/s1. The molecule has 1 fully saturated rings. The predicted octanol–water partition coefficient (Wildman–Crippen LogP) is 4.77. The number of cyclic esters (lactones) is 1. The zero-order valence-electron chi connectivity index (χ0n) is 25.1. The van der Waals surface area contributed by atoms with Gasteiger partial charge < -0.3 is 15.2 Å². The number of ether oxygens (including phenoxy) is 1. The number of amides is 2. The summed E-state index contributed by atoms with van der Waals surface area (Å²) in [5, 5.41) is 14.1. The van der Waals surface area contributed by atoms with Crippen LogP contribution < -0.4 is 10.2 Å². The van der Waals surface area contributed by atoms with Crippen molar-refractivity contribution in [3.05, 3.63) is 95.6 Å². The molecule has 2 amide bonds. The van der Waals surface area contributed by atoms with Crippen LogP contribution in [0.5, 0.6) is 0 Å². The number of aryl methyl sites for hydroxylation is 1. The summed E-state index contributed by atoms with van der Waals surface area (Å²) in [6.07, 6.45) is -8.67. The molecule has 1 aliphatic rings. The van der Waals surface area contributed by atoms with E-state index in [9.17, 15) is 36.3 Å². The third-order valence-corrected chi connectivity index (χ3v) is 9.16. The van der Waals surface area contributed by atoms with Gasteiger partial charge >= 0.3 is 12.3 Å². The number of para-hydroxylation sites is 1. The second kappa shape index (κ2) is 14.0. The van der Waals surface area contributed by atoms with Crippen LogP contribution in [0.15, 0.2) is 83.8 Å². The number of carbonyl (C=O) groups is 2. The summed E-state index contributed by atoms with van der Waals surface area (Å²) in [5.41, 5.74) is 0.100. The lowest BCUT2D eigenvalue weighted by Crippen LogP contribution is -2.53. The lowest BCUT2D eigenvalue weighted by molar-refractivity contribution is -0.137. The highest BCUT2D eigenvalue weighted by atomic mass is 32.2. The summed E-state index contributed by atoms with van der Waals surface area (Å²) >= 11 is 0. The number of anilines is 1. The Morgan fingerprint density at radius 3 is 2.27 bits per heavy atom. The molecule has 2 N–H and O–H groups in total. The van der Waals surface area contributed by atoms with E-state index >= 15 is 0 Å². The van der Waals surface area contributed by atoms with Crippen LogP contribution in [0.25, 0.3) is 0 Å². The Hall–Kier alpha value is -3.94. The zero-order valence-corrected chi connectivity index (χ0v) is 25.9. The van der Waals surface area contributed by atoms with Crippen molar-refractivity contribution in [3.8, 4) is 0 Å². The zero-order chi connectivity index (χ0) is 32.9. The molecule has 3 aromatic carbocycles. The SMILES string of the molecule is Cc1ccc(S(=O)(=O)N(CC(C)C)C[C@@H](O)[C@H](Cc2ccccc2)NC(=O)[C@@H]2CN(c3ccccc3C(F)(F)F)C(=O)O2)cc1. The van der Waals surface area contributed by atoms with Crippen LogP contribution in [0.3, 0.4) is 0 Å². The Balaban J connectivity index is 1.57. The Morgan fingerprint density at radius 1 is 1.02 bits per heavy atom. The number of alkyl halides is 3. The van der Waals surface area contributed by atoms with Crippen LogP contribution in [0.2, 0.25) is 0 Å². The Labute approximate surface area is 260 Å². The first-order chi connectivity index (χ1) is 21.2. The number of benzene rings is 3. The summed E-state index contributed by atoms with van der Waals surface area (Å²) in [6, 6.07) is 18.6.